The fraction of sp³-hybridized carbons (Fsp3) is 0.857. The number of unbranched alkanes of at least 4 members (excludes halogenated alkanes) is 1. The summed E-state index contributed by atoms with van der Waals surface area (Å²) in [6, 6.07) is 0.855. The minimum absolute atomic E-state index is 0.123. The minimum atomic E-state index is -2.57. The third-order valence-corrected chi connectivity index (χ3v) is 5.59. The van der Waals surface area contributed by atoms with Crippen molar-refractivity contribution in [3.8, 4) is 0 Å². The molecule has 0 fully saturated rings. The van der Waals surface area contributed by atoms with E-state index in [-0.39, 0.29) is 18.3 Å². The second-order valence-electron chi connectivity index (χ2n) is 5.36. The first-order chi connectivity index (χ1) is 8.31. The van der Waals surface area contributed by atoms with Crippen molar-refractivity contribution < 1.29 is 13.3 Å². The van der Waals surface area contributed by atoms with Crippen LogP contribution in [0.5, 0.6) is 0 Å². The zero-order valence-electron chi connectivity index (χ0n) is 12.9. The van der Waals surface area contributed by atoms with Crippen LogP contribution < -0.4 is 0 Å². The van der Waals surface area contributed by atoms with Gasteiger partial charge >= 0.3 is 8.80 Å². The van der Waals surface area contributed by atoms with E-state index in [4.69, 9.17) is 13.3 Å². The van der Waals surface area contributed by atoms with E-state index in [9.17, 15) is 0 Å². The van der Waals surface area contributed by atoms with Gasteiger partial charge in [0.25, 0.3) is 0 Å². The third-order valence-electron chi connectivity index (χ3n) is 2.14. The van der Waals surface area contributed by atoms with Gasteiger partial charge < -0.3 is 13.3 Å². The molecule has 4 heteroatoms. The first-order valence-electron chi connectivity index (χ1n) is 6.95. The van der Waals surface area contributed by atoms with Crippen molar-refractivity contribution in [2.24, 2.45) is 0 Å². The zero-order valence-corrected chi connectivity index (χ0v) is 13.9. The van der Waals surface area contributed by atoms with Gasteiger partial charge in [-0.15, -0.1) is 6.58 Å². The topological polar surface area (TPSA) is 27.7 Å². The average Bonchev–Trinajstić information content (AvgIpc) is 2.13. The molecule has 108 valence electrons. The molecule has 0 unspecified atom stereocenters. The molecule has 0 radical (unpaired) electrons. The van der Waals surface area contributed by atoms with Gasteiger partial charge in [0.15, 0.2) is 0 Å². The summed E-state index contributed by atoms with van der Waals surface area (Å²) >= 11 is 0. The molecule has 0 aliphatic carbocycles. The monoisotopic (exact) mass is 274 g/mol. The van der Waals surface area contributed by atoms with E-state index in [1.54, 1.807) is 0 Å². The first kappa shape index (κ1) is 17.8. The van der Waals surface area contributed by atoms with E-state index in [1.807, 2.05) is 47.6 Å². The predicted molar refractivity (Wildman–Crippen MR) is 78.7 cm³/mol. The summed E-state index contributed by atoms with van der Waals surface area (Å²) in [5.41, 5.74) is 0. The van der Waals surface area contributed by atoms with Crippen molar-refractivity contribution in [2.45, 2.75) is 78.7 Å². The fourth-order valence-electron chi connectivity index (χ4n) is 1.80. The molecule has 0 aromatic carbocycles. The molecule has 0 amide bonds. The molecule has 0 saturated carbocycles. The molecule has 0 heterocycles. The van der Waals surface area contributed by atoms with Gasteiger partial charge in [-0.1, -0.05) is 6.08 Å². The Balaban J connectivity index is 4.79. The van der Waals surface area contributed by atoms with Gasteiger partial charge in [0.05, 0.1) is 0 Å². The van der Waals surface area contributed by atoms with E-state index in [1.165, 1.54) is 0 Å². The number of hydrogen-bond acceptors (Lipinski definition) is 3. The lowest BCUT2D eigenvalue weighted by Gasteiger charge is -2.34. The largest absolute Gasteiger partial charge is 0.501 e. The van der Waals surface area contributed by atoms with Crippen molar-refractivity contribution in [1.82, 2.24) is 0 Å². The lowest BCUT2D eigenvalue weighted by atomic mass is 10.3. The van der Waals surface area contributed by atoms with Crippen molar-refractivity contribution in [1.29, 1.82) is 0 Å². The van der Waals surface area contributed by atoms with Gasteiger partial charge in [-0.25, -0.2) is 0 Å². The molecule has 0 aromatic rings. The molecule has 3 nitrogen and oxygen atoms in total. The molecule has 0 N–H and O–H groups in total. The van der Waals surface area contributed by atoms with Crippen LogP contribution in [0.3, 0.4) is 0 Å². The summed E-state index contributed by atoms with van der Waals surface area (Å²) in [7, 11) is -2.57. The van der Waals surface area contributed by atoms with Gasteiger partial charge in [-0.05, 0) is 54.4 Å². The molecule has 0 bridgehead atoms. The molecule has 0 aliphatic rings. The second kappa shape index (κ2) is 8.86. The van der Waals surface area contributed by atoms with Crippen LogP contribution in [-0.2, 0) is 13.3 Å². The first-order valence-corrected chi connectivity index (χ1v) is 8.89. The Hall–Kier alpha value is -0.163. The Morgan fingerprint density at radius 1 is 0.889 bits per heavy atom. The lowest BCUT2D eigenvalue weighted by molar-refractivity contribution is 0.00295. The Bertz CT molecular complexity index is 201. The number of rotatable bonds is 10. The van der Waals surface area contributed by atoms with Gasteiger partial charge in [-0.3, -0.25) is 0 Å². The normalized spacial score (nSPS) is 12.7. The Kier molecular flexibility index (Phi) is 8.78. The molecule has 0 aromatic heterocycles. The third kappa shape index (κ3) is 8.03. The van der Waals surface area contributed by atoms with Crippen molar-refractivity contribution >= 4 is 8.80 Å². The Labute approximate surface area is 114 Å². The van der Waals surface area contributed by atoms with Crippen LogP contribution in [-0.4, -0.2) is 27.1 Å². The maximum absolute atomic E-state index is 6.07. The second-order valence-corrected chi connectivity index (χ2v) is 7.94. The molecule has 0 rings (SSSR count). The van der Waals surface area contributed by atoms with Crippen molar-refractivity contribution in [3.05, 3.63) is 12.7 Å². The van der Waals surface area contributed by atoms with E-state index in [2.05, 4.69) is 6.58 Å². The van der Waals surface area contributed by atoms with Crippen LogP contribution in [0.4, 0.5) is 0 Å². The van der Waals surface area contributed by atoms with Crippen molar-refractivity contribution in [3.63, 3.8) is 0 Å². The van der Waals surface area contributed by atoms with E-state index in [0.717, 1.165) is 18.9 Å². The van der Waals surface area contributed by atoms with Gasteiger partial charge in [0.2, 0.25) is 0 Å². The van der Waals surface area contributed by atoms with Crippen LogP contribution in [0.2, 0.25) is 6.04 Å². The predicted octanol–water partition coefficient (Wildman–Crippen LogP) is 4.17. The minimum Gasteiger partial charge on any atom is -0.371 e. The molecule has 18 heavy (non-hydrogen) atoms. The maximum Gasteiger partial charge on any atom is 0.501 e. The summed E-state index contributed by atoms with van der Waals surface area (Å²) in [6.07, 6.45) is 4.27. The SMILES string of the molecule is C=CCCC[Si](OC(C)C)(OC(C)C)OC(C)C. The molecule has 0 aliphatic heterocycles. The smallest absolute Gasteiger partial charge is 0.371 e. The van der Waals surface area contributed by atoms with Crippen LogP contribution >= 0.6 is 0 Å². The van der Waals surface area contributed by atoms with Gasteiger partial charge in [0, 0.05) is 24.4 Å². The molecule has 0 spiro atoms. The lowest BCUT2D eigenvalue weighted by Crippen LogP contribution is -2.50. The quantitative estimate of drug-likeness (QED) is 0.340. The highest BCUT2D eigenvalue weighted by molar-refractivity contribution is 6.60. The van der Waals surface area contributed by atoms with E-state index < -0.39 is 8.80 Å². The fourth-order valence-corrected chi connectivity index (χ4v) is 5.11. The van der Waals surface area contributed by atoms with Crippen LogP contribution in [0.25, 0.3) is 0 Å². The summed E-state index contributed by atoms with van der Waals surface area (Å²) in [6.45, 7) is 15.9. The summed E-state index contributed by atoms with van der Waals surface area (Å²) in [4.78, 5) is 0. The highest BCUT2D eigenvalue weighted by Gasteiger charge is 2.43. The van der Waals surface area contributed by atoms with E-state index in [0.29, 0.717) is 0 Å². The summed E-state index contributed by atoms with van der Waals surface area (Å²) in [5, 5.41) is 0. The number of hydrogen-bond donors (Lipinski definition) is 0. The zero-order chi connectivity index (χ0) is 14.2. The number of allylic oxidation sites excluding steroid dienone is 1. The van der Waals surface area contributed by atoms with Crippen LogP contribution in [0.1, 0.15) is 54.4 Å². The Morgan fingerprint density at radius 2 is 1.28 bits per heavy atom. The van der Waals surface area contributed by atoms with E-state index >= 15 is 0 Å². The Morgan fingerprint density at radius 3 is 1.56 bits per heavy atom. The standard InChI is InChI=1S/C14H30O3Si/c1-8-9-10-11-18(15-12(2)3,16-13(4)5)17-14(6)7/h8,12-14H,1,9-11H2,2-7H3. The average molecular weight is 274 g/mol. The molecule has 0 saturated heterocycles. The summed E-state index contributed by atoms with van der Waals surface area (Å²) in [5.74, 6) is 0. The molecule has 0 atom stereocenters. The molecular weight excluding hydrogens is 244 g/mol. The highest BCUT2D eigenvalue weighted by atomic mass is 28.4. The van der Waals surface area contributed by atoms with Gasteiger partial charge in [-0.2, -0.15) is 0 Å². The van der Waals surface area contributed by atoms with Crippen LogP contribution in [0.15, 0.2) is 12.7 Å². The maximum atomic E-state index is 6.07. The molecular formula is C14H30O3Si. The van der Waals surface area contributed by atoms with Gasteiger partial charge in [0.1, 0.15) is 0 Å². The highest BCUT2D eigenvalue weighted by Crippen LogP contribution is 2.24. The van der Waals surface area contributed by atoms with Crippen molar-refractivity contribution in [2.75, 3.05) is 0 Å². The summed E-state index contributed by atoms with van der Waals surface area (Å²) < 4.78 is 18.2. The van der Waals surface area contributed by atoms with Crippen LogP contribution in [0, 0.1) is 0 Å².